The summed E-state index contributed by atoms with van der Waals surface area (Å²) >= 11 is 0. The Morgan fingerprint density at radius 2 is 0.967 bits per heavy atom. The molecule has 0 fully saturated rings. The second kappa shape index (κ2) is 7.87. The van der Waals surface area contributed by atoms with Crippen LogP contribution >= 0.6 is 0 Å². The highest BCUT2D eigenvalue weighted by molar-refractivity contribution is 5.59. The molecule has 0 unspecified atom stereocenters. The molecule has 0 saturated carbocycles. The molecule has 0 saturated heterocycles. The average Bonchev–Trinajstić information content (AvgIpc) is 2.74. The van der Waals surface area contributed by atoms with E-state index in [-0.39, 0.29) is 22.3 Å². The third-order valence-corrected chi connectivity index (χ3v) is 6.24. The maximum atomic E-state index is 10.0. The fourth-order valence-electron chi connectivity index (χ4n) is 3.84. The second-order valence-electron chi connectivity index (χ2n) is 8.79. The van der Waals surface area contributed by atoms with Gasteiger partial charge in [0.25, 0.3) is 0 Å². The molecule has 0 aromatic heterocycles. The monoisotopic (exact) mass is 398 g/mol. The third kappa shape index (κ3) is 3.78. The van der Waals surface area contributed by atoms with Crippen molar-refractivity contribution >= 4 is 12.2 Å². The van der Waals surface area contributed by atoms with Crippen LogP contribution in [0.1, 0.15) is 61.1 Å². The van der Waals surface area contributed by atoms with Crippen LogP contribution < -0.4 is 0 Å². The minimum absolute atomic E-state index is 0.241. The van der Waals surface area contributed by atoms with Gasteiger partial charge < -0.3 is 10.2 Å². The average molecular weight is 399 g/mol. The lowest BCUT2D eigenvalue weighted by Gasteiger charge is -2.31. The Morgan fingerprint density at radius 1 is 0.600 bits per heavy atom. The van der Waals surface area contributed by atoms with Crippen LogP contribution in [0.25, 0.3) is 12.2 Å². The predicted octanol–water partition coefficient (Wildman–Crippen LogP) is 7.04. The van der Waals surface area contributed by atoms with E-state index < -0.39 is 0 Å². The molecule has 0 aliphatic heterocycles. The minimum Gasteiger partial charge on any atom is -0.507 e. The smallest absolute Gasteiger partial charge is 0.122 e. The van der Waals surface area contributed by atoms with E-state index in [9.17, 15) is 10.2 Å². The fourth-order valence-corrected chi connectivity index (χ4v) is 3.84. The summed E-state index contributed by atoms with van der Waals surface area (Å²) in [5.74, 6) is 0.481. The maximum Gasteiger partial charge on any atom is 0.122 e. The first-order valence-corrected chi connectivity index (χ1v) is 10.1. The van der Waals surface area contributed by atoms with E-state index in [0.717, 1.165) is 22.3 Å². The molecule has 2 nitrogen and oxygen atoms in total. The van der Waals surface area contributed by atoms with Gasteiger partial charge in [0.1, 0.15) is 11.5 Å². The Kier molecular flexibility index (Phi) is 5.63. The van der Waals surface area contributed by atoms with Gasteiger partial charge in [-0.05, 0) is 46.5 Å². The molecule has 3 aromatic rings. The van der Waals surface area contributed by atoms with E-state index in [4.69, 9.17) is 0 Å². The summed E-state index contributed by atoms with van der Waals surface area (Å²) in [4.78, 5) is 0. The molecule has 0 bridgehead atoms. The molecule has 3 rings (SSSR count). The molecule has 0 heterocycles. The van der Waals surface area contributed by atoms with Crippen LogP contribution in [0.3, 0.4) is 0 Å². The van der Waals surface area contributed by atoms with E-state index in [1.54, 1.807) is 24.3 Å². The fraction of sp³-hybridized carbons (Fsp3) is 0.214. The summed E-state index contributed by atoms with van der Waals surface area (Å²) < 4.78 is 0. The molecular weight excluding hydrogens is 368 g/mol. The Hall–Kier alpha value is -3.26. The van der Waals surface area contributed by atoms with Crippen molar-refractivity contribution in [2.24, 2.45) is 0 Å². The highest BCUT2D eigenvalue weighted by atomic mass is 16.3. The minimum atomic E-state index is -0.251. The zero-order valence-corrected chi connectivity index (χ0v) is 18.2. The molecule has 0 atom stereocenters. The third-order valence-electron chi connectivity index (χ3n) is 6.24. The number of hydrogen-bond acceptors (Lipinski definition) is 2. The van der Waals surface area contributed by atoms with Gasteiger partial charge in [-0.15, -0.1) is 0 Å². The number of rotatable bonds is 6. The zero-order valence-electron chi connectivity index (χ0n) is 18.2. The molecule has 0 spiro atoms. The van der Waals surface area contributed by atoms with Crippen molar-refractivity contribution in [3.05, 3.63) is 107 Å². The van der Waals surface area contributed by atoms with Crippen molar-refractivity contribution in [3.8, 4) is 11.5 Å². The van der Waals surface area contributed by atoms with Crippen molar-refractivity contribution in [2.45, 2.75) is 38.5 Å². The van der Waals surface area contributed by atoms with Crippen LogP contribution in [-0.2, 0) is 10.8 Å². The summed E-state index contributed by atoms with van der Waals surface area (Å²) in [6.07, 6.45) is 3.35. The first-order valence-electron chi connectivity index (χ1n) is 10.1. The molecule has 0 radical (unpaired) electrons. The first kappa shape index (κ1) is 21.4. The van der Waals surface area contributed by atoms with Crippen molar-refractivity contribution in [2.75, 3.05) is 0 Å². The molecule has 0 amide bonds. The van der Waals surface area contributed by atoms with Gasteiger partial charge in [-0.3, -0.25) is 0 Å². The lowest BCUT2D eigenvalue weighted by Crippen LogP contribution is -2.23. The lowest BCUT2D eigenvalue weighted by molar-refractivity contribution is 0.472. The highest BCUT2D eigenvalue weighted by Gasteiger charge is 2.28. The maximum absolute atomic E-state index is 10.0. The van der Waals surface area contributed by atoms with Crippen LogP contribution in [0.2, 0.25) is 0 Å². The Balaban J connectivity index is 2.07. The van der Waals surface area contributed by atoms with Crippen molar-refractivity contribution < 1.29 is 10.2 Å². The molecule has 30 heavy (non-hydrogen) atoms. The lowest BCUT2D eigenvalue weighted by atomic mass is 9.73. The SMILES string of the molecule is C=Cc1cc(C(C)(C)c2cccc(C(C)(C)c3ccc(O)c(C=C)c3)c2)ccc1O. The largest absolute Gasteiger partial charge is 0.507 e. The molecule has 3 aromatic carbocycles. The summed E-state index contributed by atoms with van der Waals surface area (Å²) in [6.45, 7) is 16.4. The normalized spacial score (nSPS) is 11.9. The topological polar surface area (TPSA) is 40.5 Å². The Bertz CT molecular complexity index is 1020. The van der Waals surface area contributed by atoms with E-state index in [2.05, 4.69) is 65.1 Å². The number of hydrogen-bond donors (Lipinski definition) is 2. The van der Waals surface area contributed by atoms with Crippen molar-refractivity contribution in [1.82, 2.24) is 0 Å². The molecular formula is C28H30O2. The Labute approximate surface area is 179 Å². The molecule has 0 aliphatic rings. The van der Waals surface area contributed by atoms with Crippen molar-refractivity contribution in [1.29, 1.82) is 0 Å². The van der Waals surface area contributed by atoms with Crippen LogP contribution in [0.15, 0.2) is 73.8 Å². The van der Waals surface area contributed by atoms with Gasteiger partial charge in [-0.25, -0.2) is 0 Å². The van der Waals surface area contributed by atoms with Gasteiger partial charge in [-0.1, -0.05) is 89.4 Å². The predicted molar refractivity (Wildman–Crippen MR) is 127 cm³/mol. The summed E-state index contributed by atoms with van der Waals surface area (Å²) in [7, 11) is 0. The number of phenolic OH excluding ortho intramolecular Hbond substituents is 2. The number of benzene rings is 3. The standard InChI is InChI=1S/C28H30O2/c1-7-19-16-23(12-14-25(19)29)27(3,4)21-10-9-11-22(18-21)28(5,6)24-13-15-26(30)20(8-2)17-24/h7-18,29-30H,1-2H2,3-6H3. The van der Waals surface area contributed by atoms with E-state index in [0.29, 0.717) is 0 Å². The van der Waals surface area contributed by atoms with Crippen LogP contribution in [-0.4, -0.2) is 10.2 Å². The van der Waals surface area contributed by atoms with Gasteiger partial charge >= 0.3 is 0 Å². The highest BCUT2D eigenvalue weighted by Crippen LogP contribution is 2.39. The number of aromatic hydroxyl groups is 2. The van der Waals surface area contributed by atoms with E-state index in [1.807, 2.05) is 24.3 Å². The van der Waals surface area contributed by atoms with Gasteiger partial charge in [0.05, 0.1) is 0 Å². The van der Waals surface area contributed by atoms with E-state index in [1.165, 1.54) is 11.1 Å². The second-order valence-corrected chi connectivity index (χ2v) is 8.79. The molecule has 2 N–H and O–H groups in total. The van der Waals surface area contributed by atoms with Crippen LogP contribution in [0, 0.1) is 0 Å². The quantitative estimate of drug-likeness (QED) is 0.468. The first-order chi connectivity index (χ1) is 14.1. The summed E-state index contributed by atoms with van der Waals surface area (Å²) in [5, 5.41) is 20.0. The summed E-state index contributed by atoms with van der Waals surface area (Å²) in [5.41, 5.74) is 5.58. The van der Waals surface area contributed by atoms with Crippen LogP contribution in [0.4, 0.5) is 0 Å². The van der Waals surface area contributed by atoms with Crippen molar-refractivity contribution in [3.63, 3.8) is 0 Å². The number of phenols is 2. The molecule has 2 heteroatoms. The molecule has 154 valence electrons. The van der Waals surface area contributed by atoms with Gasteiger partial charge in [0.15, 0.2) is 0 Å². The van der Waals surface area contributed by atoms with Gasteiger partial charge in [0, 0.05) is 22.0 Å². The van der Waals surface area contributed by atoms with Gasteiger partial charge in [-0.2, -0.15) is 0 Å². The summed E-state index contributed by atoms with van der Waals surface area (Å²) in [6, 6.07) is 20.0. The van der Waals surface area contributed by atoms with E-state index >= 15 is 0 Å². The zero-order chi connectivity index (χ0) is 22.1. The molecule has 0 aliphatic carbocycles. The van der Waals surface area contributed by atoms with Crippen LogP contribution in [0.5, 0.6) is 11.5 Å². The Morgan fingerprint density at radius 3 is 1.33 bits per heavy atom. The van der Waals surface area contributed by atoms with Gasteiger partial charge in [0.2, 0.25) is 0 Å².